The molecule has 0 amide bonds. The quantitative estimate of drug-likeness (QED) is 0.820. The van der Waals surface area contributed by atoms with Crippen LogP contribution in [0.1, 0.15) is 32.9 Å². The molecule has 1 aliphatic rings. The SMILES string of the molecule is CC(C)(C)CS(=O)(=O)N1CCC(O)(c2cn[nH]n2)C1. The van der Waals surface area contributed by atoms with E-state index in [1.54, 1.807) is 0 Å². The van der Waals surface area contributed by atoms with Gasteiger partial charge in [-0.15, -0.1) is 0 Å². The molecule has 1 saturated heterocycles. The van der Waals surface area contributed by atoms with Crippen molar-refractivity contribution in [1.82, 2.24) is 19.7 Å². The first-order chi connectivity index (χ1) is 8.62. The number of aromatic amines is 1. The molecule has 2 N–H and O–H groups in total. The van der Waals surface area contributed by atoms with Gasteiger partial charge in [0.2, 0.25) is 10.0 Å². The van der Waals surface area contributed by atoms with Gasteiger partial charge >= 0.3 is 0 Å². The number of aromatic nitrogens is 3. The van der Waals surface area contributed by atoms with Gasteiger partial charge in [0.25, 0.3) is 0 Å². The number of hydrogen-bond donors (Lipinski definition) is 2. The predicted molar refractivity (Wildman–Crippen MR) is 69.7 cm³/mol. The predicted octanol–water partition coefficient (Wildman–Crippen LogP) is 0.0739. The third kappa shape index (κ3) is 3.13. The molecule has 1 atom stereocenters. The second kappa shape index (κ2) is 4.53. The van der Waals surface area contributed by atoms with E-state index in [1.807, 2.05) is 20.8 Å². The van der Waals surface area contributed by atoms with E-state index in [0.29, 0.717) is 18.7 Å². The van der Waals surface area contributed by atoms with Crippen LogP contribution < -0.4 is 0 Å². The molecule has 1 aromatic heterocycles. The second-order valence-electron chi connectivity index (χ2n) is 6.29. The van der Waals surface area contributed by atoms with Gasteiger partial charge < -0.3 is 5.11 Å². The summed E-state index contributed by atoms with van der Waals surface area (Å²) in [5, 5.41) is 20.4. The Morgan fingerprint density at radius 1 is 1.53 bits per heavy atom. The Morgan fingerprint density at radius 2 is 2.21 bits per heavy atom. The van der Waals surface area contributed by atoms with E-state index in [0.717, 1.165) is 0 Å². The first-order valence-electron chi connectivity index (χ1n) is 6.19. The summed E-state index contributed by atoms with van der Waals surface area (Å²) in [5.41, 5.74) is -1.16. The Kier molecular flexibility index (Phi) is 3.44. The molecule has 0 aliphatic carbocycles. The van der Waals surface area contributed by atoms with Crippen LogP contribution in [0.15, 0.2) is 6.20 Å². The minimum Gasteiger partial charge on any atom is -0.382 e. The Hall–Kier alpha value is -0.990. The van der Waals surface area contributed by atoms with E-state index in [9.17, 15) is 13.5 Å². The van der Waals surface area contributed by atoms with Gasteiger partial charge in [-0.05, 0) is 11.8 Å². The summed E-state index contributed by atoms with van der Waals surface area (Å²) in [5.74, 6) is 0.0644. The van der Waals surface area contributed by atoms with E-state index in [1.165, 1.54) is 10.5 Å². The number of nitrogens with zero attached hydrogens (tertiary/aromatic N) is 3. The minimum absolute atomic E-state index is 0.0396. The monoisotopic (exact) mass is 288 g/mol. The van der Waals surface area contributed by atoms with Crippen LogP contribution >= 0.6 is 0 Å². The molecular weight excluding hydrogens is 268 g/mol. The maximum absolute atomic E-state index is 12.3. The van der Waals surface area contributed by atoms with E-state index in [4.69, 9.17) is 0 Å². The molecule has 1 aliphatic heterocycles. The van der Waals surface area contributed by atoms with Crippen molar-refractivity contribution in [2.24, 2.45) is 5.41 Å². The zero-order chi connectivity index (χ0) is 14.3. The number of nitrogens with one attached hydrogen (secondary N) is 1. The molecular formula is C11H20N4O3S. The zero-order valence-corrected chi connectivity index (χ0v) is 12.2. The van der Waals surface area contributed by atoms with Crippen molar-refractivity contribution in [2.75, 3.05) is 18.8 Å². The molecule has 19 heavy (non-hydrogen) atoms. The molecule has 2 rings (SSSR count). The molecule has 108 valence electrons. The summed E-state index contributed by atoms with van der Waals surface area (Å²) < 4.78 is 25.9. The van der Waals surface area contributed by atoms with Gasteiger partial charge in [0.1, 0.15) is 11.3 Å². The Morgan fingerprint density at radius 3 is 2.74 bits per heavy atom. The number of sulfonamides is 1. The maximum Gasteiger partial charge on any atom is 0.214 e. The summed E-state index contributed by atoms with van der Waals surface area (Å²) in [4.78, 5) is 0. The Labute approximate surface area is 113 Å². The van der Waals surface area contributed by atoms with E-state index < -0.39 is 15.6 Å². The summed E-state index contributed by atoms with van der Waals surface area (Å²) in [6.07, 6.45) is 1.77. The zero-order valence-electron chi connectivity index (χ0n) is 11.4. The van der Waals surface area contributed by atoms with Gasteiger partial charge in [0.15, 0.2) is 0 Å². The van der Waals surface area contributed by atoms with Gasteiger partial charge in [-0.25, -0.2) is 8.42 Å². The summed E-state index contributed by atoms with van der Waals surface area (Å²) in [6.45, 7) is 5.99. The lowest BCUT2D eigenvalue weighted by atomic mass is 10.0. The highest BCUT2D eigenvalue weighted by molar-refractivity contribution is 7.89. The lowest BCUT2D eigenvalue weighted by Gasteiger charge is -2.24. The van der Waals surface area contributed by atoms with Crippen molar-refractivity contribution in [1.29, 1.82) is 0 Å². The van der Waals surface area contributed by atoms with Crippen LogP contribution in [0.2, 0.25) is 0 Å². The third-order valence-corrected chi connectivity index (χ3v) is 5.44. The molecule has 7 nitrogen and oxygen atoms in total. The van der Waals surface area contributed by atoms with Gasteiger partial charge in [-0.2, -0.15) is 19.7 Å². The van der Waals surface area contributed by atoms with Gasteiger partial charge in [-0.3, -0.25) is 0 Å². The van der Waals surface area contributed by atoms with Gasteiger partial charge in [-0.1, -0.05) is 20.8 Å². The molecule has 1 fully saturated rings. The number of aliphatic hydroxyl groups is 1. The first kappa shape index (κ1) is 14.4. The minimum atomic E-state index is -3.36. The van der Waals surface area contributed by atoms with Crippen molar-refractivity contribution in [3.05, 3.63) is 11.9 Å². The van der Waals surface area contributed by atoms with Crippen molar-refractivity contribution in [3.8, 4) is 0 Å². The van der Waals surface area contributed by atoms with Crippen LogP contribution in [0.4, 0.5) is 0 Å². The molecule has 0 aromatic carbocycles. The fraction of sp³-hybridized carbons (Fsp3) is 0.818. The molecule has 0 radical (unpaired) electrons. The highest BCUT2D eigenvalue weighted by atomic mass is 32.2. The van der Waals surface area contributed by atoms with Crippen molar-refractivity contribution >= 4 is 10.0 Å². The van der Waals surface area contributed by atoms with Crippen LogP contribution in [0.5, 0.6) is 0 Å². The smallest absolute Gasteiger partial charge is 0.214 e. The van der Waals surface area contributed by atoms with Crippen molar-refractivity contribution in [3.63, 3.8) is 0 Å². The molecule has 2 heterocycles. The van der Waals surface area contributed by atoms with Gasteiger partial charge in [0.05, 0.1) is 11.9 Å². The lowest BCUT2D eigenvalue weighted by molar-refractivity contribution is 0.0484. The number of H-pyrrole nitrogens is 1. The normalized spacial score (nSPS) is 25.9. The van der Waals surface area contributed by atoms with E-state index >= 15 is 0 Å². The summed E-state index contributed by atoms with van der Waals surface area (Å²) in [6, 6.07) is 0. The average Bonchev–Trinajstić information content (AvgIpc) is 2.82. The fourth-order valence-electron chi connectivity index (χ4n) is 2.27. The van der Waals surface area contributed by atoms with E-state index in [-0.39, 0.29) is 17.7 Å². The maximum atomic E-state index is 12.3. The van der Waals surface area contributed by atoms with Crippen LogP contribution in [-0.2, 0) is 15.6 Å². The summed E-state index contributed by atoms with van der Waals surface area (Å²) >= 11 is 0. The molecule has 8 heteroatoms. The number of β-amino-alcohol motifs (C(OH)–C–C–N with tert-alkyl or cyclic N) is 1. The molecule has 1 aromatic rings. The Balaban J connectivity index is 2.15. The van der Waals surface area contributed by atoms with Crippen LogP contribution in [0, 0.1) is 5.41 Å². The van der Waals surface area contributed by atoms with Gasteiger partial charge in [0, 0.05) is 13.1 Å². The largest absolute Gasteiger partial charge is 0.382 e. The first-order valence-corrected chi connectivity index (χ1v) is 7.80. The topological polar surface area (TPSA) is 99.2 Å². The fourth-order valence-corrected chi connectivity index (χ4v) is 4.33. The summed E-state index contributed by atoms with van der Waals surface area (Å²) in [7, 11) is -3.36. The standard InChI is InChI=1S/C11H20N4O3S/c1-10(2,3)8-19(17,18)15-5-4-11(16,7-15)9-6-12-14-13-9/h6,16H,4-5,7-8H2,1-3H3,(H,12,13,14). The van der Waals surface area contributed by atoms with Crippen LogP contribution in [0.25, 0.3) is 0 Å². The van der Waals surface area contributed by atoms with Crippen LogP contribution in [0.3, 0.4) is 0 Å². The third-order valence-electron chi connectivity index (χ3n) is 3.11. The van der Waals surface area contributed by atoms with Crippen molar-refractivity contribution < 1.29 is 13.5 Å². The van der Waals surface area contributed by atoms with Crippen LogP contribution in [-0.4, -0.2) is 52.1 Å². The lowest BCUT2D eigenvalue weighted by Crippen LogP contribution is -2.38. The number of rotatable bonds is 3. The molecule has 0 bridgehead atoms. The number of hydrogen-bond acceptors (Lipinski definition) is 5. The van der Waals surface area contributed by atoms with Crippen molar-refractivity contribution in [2.45, 2.75) is 32.8 Å². The van der Waals surface area contributed by atoms with E-state index in [2.05, 4.69) is 15.4 Å². The molecule has 0 spiro atoms. The molecule has 0 saturated carbocycles. The average molecular weight is 288 g/mol. The second-order valence-corrected chi connectivity index (χ2v) is 8.26. The highest BCUT2D eigenvalue weighted by Gasteiger charge is 2.44. The molecule has 1 unspecified atom stereocenters. The highest BCUT2D eigenvalue weighted by Crippen LogP contribution is 2.33. The Bertz CT molecular complexity index is 535.